The van der Waals surface area contributed by atoms with E-state index in [0.29, 0.717) is 0 Å². The number of methoxy groups -OCH3 is 2. The first kappa shape index (κ1) is 10.7. The van der Waals surface area contributed by atoms with E-state index in [1.807, 2.05) is 18.5 Å². The van der Waals surface area contributed by atoms with Gasteiger partial charge in [-0.2, -0.15) is 0 Å². The molecule has 0 aliphatic heterocycles. The van der Waals surface area contributed by atoms with Crippen molar-refractivity contribution in [2.45, 2.75) is 12.3 Å². The first-order chi connectivity index (χ1) is 6.33. The number of hydrogen-bond acceptors (Lipinski definition) is 4. The molecule has 0 saturated heterocycles. The highest BCUT2D eigenvalue weighted by atomic mass is 32.1. The predicted octanol–water partition coefficient (Wildman–Crippen LogP) is 1.63. The number of hydrogen-bond donors (Lipinski definition) is 1. The smallest absolute Gasteiger partial charge is 0.177 e. The lowest BCUT2D eigenvalue weighted by Crippen LogP contribution is -2.31. The Morgan fingerprint density at radius 1 is 1.38 bits per heavy atom. The van der Waals surface area contributed by atoms with E-state index >= 15 is 0 Å². The van der Waals surface area contributed by atoms with Crippen molar-refractivity contribution in [3.63, 3.8) is 0 Å². The maximum absolute atomic E-state index is 5.20. The summed E-state index contributed by atoms with van der Waals surface area (Å²) in [5, 5.41) is 5.21. The third kappa shape index (κ3) is 2.51. The van der Waals surface area contributed by atoms with Crippen molar-refractivity contribution in [2.75, 3.05) is 21.3 Å². The van der Waals surface area contributed by atoms with E-state index < -0.39 is 0 Å². The zero-order valence-corrected chi connectivity index (χ0v) is 8.93. The van der Waals surface area contributed by atoms with E-state index in [4.69, 9.17) is 9.47 Å². The van der Waals surface area contributed by atoms with Crippen molar-refractivity contribution in [2.24, 2.45) is 0 Å². The third-order valence-corrected chi connectivity index (χ3v) is 2.85. The van der Waals surface area contributed by atoms with Gasteiger partial charge in [0.25, 0.3) is 0 Å². The Bertz CT molecular complexity index is 222. The minimum atomic E-state index is -0.233. The van der Waals surface area contributed by atoms with Gasteiger partial charge in [-0.25, -0.2) is 0 Å². The molecule has 0 bridgehead atoms. The average molecular weight is 201 g/mol. The molecule has 4 heteroatoms. The summed E-state index contributed by atoms with van der Waals surface area (Å²) in [5.74, 6) is 0. The fraction of sp³-hybridized carbons (Fsp3) is 0.556. The number of likely N-dealkylation sites (N-methyl/N-ethyl adjacent to an activating group) is 1. The van der Waals surface area contributed by atoms with Gasteiger partial charge in [0.05, 0.1) is 6.04 Å². The maximum atomic E-state index is 5.20. The van der Waals surface area contributed by atoms with Gasteiger partial charge in [-0.3, -0.25) is 0 Å². The molecule has 0 aromatic carbocycles. The second kappa shape index (κ2) is 5.34. The van der Waals surface area contributed by atoms with Crippen molar-refractivity contribution in [3.8, 4) is 0 Å². The highest BCUT2D eigenvalue weighted by molar-refractivity contribution is 7.10. The fourth-order valence-corrected chi connectivity index (χ4v) is 2.10. The lowest BCUT2D eigenvalue weighted by Gasteiger charge is -2.23. The molecule has 0 fully saturated rings. The molecule has 0 saturated carbocycles. The van der Waals surface area contributed by atoms with E-state index in [1.165, 1.54) is 4.88 Å². The van der Waals surface area contributed by atoms with Crippen LogP contribution in [-0.2, 0) is 9.47 Å². The van der Waals surface area contributed by atoms with E-state index in [2.05, 4.69) is 11.4 Å². The van der Waals surface area contributed by atoms with Gasteiger partial charge < -0.3 is 14.8 Å². The maximum Gasteiger partial charge on any atom is 0.177 e. The zero-order chi connectivity index (χ0) is 9.68. The van der Waals surface area contributed by atoms with Gasteiger partial charge in [-0.05, 0) is 18.5 Å². The SMILES string of the molecule is CNC(c1cccs1)C(OC)OC. The Morgan fingerprint density at radius 2 is 2.08 bits per heavy atom. The Hall–Kier alpha value is -0.420. The molecule has 1 atom stereocenters. The van der Waals surface area contributed by atoms with Crippen LogP contribution in [-0.4, -0.2) is 27.6 Å². The molecule has 3 nitrogen and oxygen atoms in total. The standard InChI is InChI=1S/C9H15NO2S/c1-10-8(9(11-2)12-3)7-5-4-6-13-7/h4-6,8-10H,1-3H3. The number of rotatable bonds is 5. The van der Waals surface area contributed by atoms with Crippen LogP contribution in [0, 0.1) is 0 Å². The molecule has 1 heterocycles. The summed E-state index contributed by atoms with van der Waals surface area (Å²) in [6.07, 6.45) is -0.233. The van der Waals surface area contributed by atoms with Crippen molar-refractivity contribution in [1.82, 2.24) is 5.32 Å². The predicted molar refractivity (Wildman–Crippen MR) is 53.9 cm³/mol. The first-order valence-corrected chi connectivity index (χ1v) is 4.97. The van der Waals surface area contributed by atoms with Crippen LogP contribution < -0.4 is 5.32 Å². The molecule has 0 aliphatic rings. The summed E-state index contributed by atoms with van der Waals surface area (Å²) < 4.78 is 10.4. The second-order valence-electron chi connectivity index (χ2n) is 2.62. The molecule has 1 aromatic heterocycles. The Morgan fingerprint density at radius 3 is 2.46 bits per heavy atom. The van der Waals surface area contributed by atoms with Crippen LogP contribution in [0.25, 0.3) is 0 Å². The van der Waals surface area contributed by atoms with Crippen LogP contribution in [0.2, 0.25) is 0 Å². The van der Waals surface area contributed by atoms with Crippen molar-refractivity contribution < 1.29 is 9.47 Å². The minimum Gasteiger partial charge on any atom is -0.354 e. The third-order valence-electron chi connectivity index (χ3n) is 1.90. The Kier molecular flexibility index (Phi) is 4.38. The molecular weight excluding hydrogens is 186 g/mol. The molecular formula is C9H15NO2S. The fourth-order valence-electron chi connectivity index (χ4n) is 1.25. The van der Waals surface area contributed by atoms with Crippen LogP contribution >= 0.6 is 11.3 Å². The molecule has 1 N–H and O–H groups in total. The lowest BCUT2D eigenvalue weighted by atomic mass is 10.2. The Labute approximate surface area is 82.7 Å². The van der Waals surface area contributed by atoms with Crippen LogP contribution in [0.5, 0.6) is 0 Å². The molecule has 1 rings (SSSR count). The van der Waals surface area contributed by atoms with E-state index in [1.54, 1.807) is 25.6 Å². The van der Waals surface area contributed by atoms with Gasteiger partial charge in [-0.1, -0.05) is 6.07 Å². The van der Waals surface area contributed by atoms with Crippen molar-refractivity contribution in [1.29, 1.82) is 0 Å². The summed E-state index contributed by atoms with van der Waals surface area (Å²) >= 11 is 1.69. The monoisotopic (exact) mass is 201 g/mol. The molecule has 74 valence electrons. The summed E-state index contributed by atoms with van der Waals surface area (Å²) in [7, 11) is 5.19. The van der Waals surface area contributed by atoms with Gasteiger partial charge in [0.1, 0.15) is 0 Å². The molecule has 13 heavy (non-hydrogen) atoms. The summed E-state index contributed by atoms with van der Waals surface area (Å²) in [6.45, 7) is 0. The van der Waals surface area contributed by atoms with E-state index in [9.17, 15) is 0 Å². The molecule has 0 spiro atoms. The van der Waals surface area contributed by atoms with Crippen molar-refractivity contribution >= 4 is 11.3 Å². The topological polar surface area (TPSA) is 30.5 Å². The number of thiophene rings is 1. The second-order valence-corrected chi connectivity index (χ2v) is 3.60. The number of nitrogens with one attached hydrogen (secondary N) is 1. The molecule has 1 aromatic rings. The van der Waals surface area contributed by atoms with Crippen LogP contribution in [0.1, 0.15) is 10.9 Å². The van der Waals surface area contributed by atoms with Gasteiger partial charge in [0, 0.05) is 19.1 Å². The molecule has 0 amide bonds. The largest absolute Gasteiger partial charge is 0.354 e. The van der Waals surface area contributed by atoms with Crippen LogP contribution in [0.3, 0.4) is 0 Å². The van der Waals surface area contributed by atoms with Gasteiger partial charge in [0.15, 0.2) is 6.29 Å². The van der Waals surface area contributed by atoms with Gasteiger partial charge in [-0.15, -0.1) is 11.3 Å². The lowest BCUT2D eigenvalue weighted by molar-refractivity contribution is -0.122. The quantitative estimate of drug-likeness (QED) is 0.734. The van der Waals surface area contributed by atoms with E-state index in [0.717, 1.165) is 0 Å². The average Bonchev–Trinajstić information content (AvgIpc) is 2.66. The molecule has 0 aliphatic carbocycles. The van der Waals surface area contributed by atoms with Crippen LogP contribution in [0.15, 0.2) is 17.5 Å². The molecule has 0 radical (unpaired) electrons. The van der Waals surface area contributed by atoms with Gasteiger partial charge in [0.2, 0.25) is 0 Å². The van der Waals surface area contributed by atoms with Crippen molar-refractivity contribution in [3.05, 3.63) is 22.4 Å². The zero-order valence-electron chi connectivity index (χ0n) is 8.11. The highest BCUT2D eigenvalue weighted by Gasteiger charge is 2.21. The summed E-state index contributed by atoms with van der Waals surface area (Å²) in [5.41, 5.74) is 0. The van der Waals surface area contributed by atoms with E-state index in [-0.39, 0.29) is 12.3 Å². The number of ether oxygens (including phenoxy) is 2. The normalized spacial score (nSPS) is 13.5. The van der Waals surface area contributed by atoms with Crippen LogP contribution in [0.4, 0.5) is 0 Å². The molecule has 1 unspecified atom stereocenters. The summed E-state index contributed by atoms with van der Waals surface area (Å²) in [6, 6.07) is 4.19. The summed E-state index contributed by atoms with van der Waals surface area (Å²) in [4.78, 5) is 1.22. The first-order valence-electron chi connectivity index (χ1n) is 4.09. The highest BCUT2D eigenvalue weighted by Crippen LogP contribution is 2.23. The minimum absolute atomic E-state index is 0.106. The van der Waals surface area contributed by atoms with Gasteiger partial charge >= 0.3 is 0 Å². The Balaban J connectivity index is 2.72.